The van der Waals surface area contributed by atoms with E-state index >= 15 is 0 Å². The number of hydrogen-bond donors (Lipinski definition) is 0. The average Bonchev–Trinajstić information content (AvgIpc) is 2.47. The number of nitriles is 1. The summed E-state index contributed by atoms with van der Waals surface area (Å²) in [5, 5.41) is 20.1. The van der Waals surface area contributed by atoms with Crippen molar-refractivity contribution >= 4 is 11.4 Å². The molecule has 1 saturated heterocycles. The van der Waals surface area contributed by atoms with Crippen molar-refractivity contribution in [3.63, 3.8) is 0 Å². The molecule has 0 N–H and O–H groups in total. The highest BCUT2D eigenvalue weighted by molar-refractivity contribution is 5.66. The maximum absolute atomic E-state index is 11.1. The maximum Gasteiger partial charge on any atom is 0.292 e. The van der Waals surface area contributed by atoms with Crippen LogP contribution in [0, 0.1) is 21.4 Å². The summed E-state index contributed by atoms with van der Waals surface area (Å²) in [6, 6.07) is 6.38. The molecule has 0 radical (unpaired) electrons. The van der Waals surface area contributed by atoms with Crippen LogP contribution in [0.5, 0.6) is 0 Å². The van der Waals surface area contributed by atoms with E-state index in [1.54, 1.807) is 13.2 Å². The number of methoxy groups -OCH3 is 1. The van der Waals surface area contributed by atoms with E-state index < -0.39 is 4.92 Å². The molecule has 1 heterocycles. The summed E-state index contributed by atoms with van der Waals surface area (Å²) in [6.07, 6.45) is -0.126. The highest BCUT2D eigenvalue weighted by atomic mass is 16.6. The molecular formula is C13H15N3O4. The van der Waals surface area contributed by atoms with Crippen molar-refractivity contribution in [1.29, 1.82) is 5.26 Å². The molecule has 2 rings (SSSR count). The van der Waals surface area contributed by atoms with Gasteiger partial charge in [-0.2, -0.15) is 5.26 Å². The van der Waals surface area contributed by atoms with E-state index in [-0.39, 0.29) is 11.8 Å². The van der Waals surface area contributed by atoms with Gasteiger partial charge < -0.3 is 14.4 Å². The minimum atomic E-state index is -0.433. The third-order valence-corrected chi connectivity index (χ3v) is 3.13. The summed E-state index contributed by atoms with van der Waals surface area (Å²) >= 11 is 0. The lowest BCUT2D eigenvalue weighted by Gasteiger charge is -2.33. The Morgan fingerprint density at radius 1 is 1.65 bits per heavy atom. The Hall–Kier alpha value is -2.17. The van der Waals surface area contributed by atoms with Gasteiger partial charge in [0.15, 0.2) is 0 Å². The van der Waals surface area contributed by atoms with Crippen LogP contribution in [-0.2, 0) is 9.47 Å². The molecule has 20 heavy (non-hydrogen) atoms. The van der Waals surface area contributed by atoms with Crippen LogP contribution in [0.15, 0.2) is 18.2 Å². The monoisotopic (exact) mass is 277 g/mol. The number of hydrogen-bond acceptors (Lipinski definition) is 6. The third kappa shape index (κ3) is 3.04. The molecule has 1 atom stereocenters. The van der Waals surface area contributed by atoms with Crippen molar-refractivity contribution in [2.45, 2.75) is 6.10 Å². The second-order valence-electron chi connectivity index (χ2n) is 4.47. The number of nitrogens with zero attached hydrogens (tertiary/aromatic N) is 3. The normalized spacial score (nSPS) is 18.6. The predicted molar refractivity (Wildman–Crippen MR) is 71.6 cm³/mol. The van der Waals surface area contributed by atoms with Gasteiger partial charge in [-0.1, -0.05) is 0 Å². The average molecular weight is 277 g/mol. The van der Waals surface area contributed by atoms with E-state index in [4.69, 9.17) is 14.7 Å². The quantitative estimate of drug-likeness (QED) is 0.609. The van der Waals surface area contributed by atoms with Crippen LogP contribution in [0.2, 0.25) is 0 Å². The first-order chi connectivity index (χ1) is 9.65. The number of rotatable bonds is 4. The smallest absolute Gasteiger partial charge is 0.292 e. The summed E-state index contributed by atoms with van der Waals surface area (Å²) in [7, 11) is 1.58. The fourth-order valence-corrected chi connectivity index (χ4v) is 2.23. The van der Waals surface area contributed by atoms with Crippen LogP contribution in [0.3, 0.4) is 0 Å². The molecule has 1 aliphatic rings. The Morgan fingerprint density at radius 3 is 3.10 bits per heavy atom. The summed E-state index contributed by atoms with van der Waals surface area (Å²) < 4.78 is 10.6. The fourth-order valence-electron chi connectivity index (χ4n) is 2.23. The van der Waals surface area contributed by atoms with Crippen LogP contribution in [0.4, 0.5) is 11.4 Å². The second-order valence-corrected chi connectivity index (χ2v) is 4.47. The van der Waals surface area contributed by atoms with Gasteiger partial charge in [0, 0.05) is 26.3 Å². The van der Waals surface area contributed by atoms with E-state index in [0.717, 1.165) is 0 Å². The molecule has 0 aliphatic carbocycles. The van der Waals surface area contributed by atoms with Crippen LogP contribution in [-0.4, -0.2) is 44.4 Å². The molecule has 7 heteroatoms. The van der Waals surface area contributed by atoms with Crippen molar-refractivity contribution in [3.05, 3.63) is 33.9 Å². The lowest BCUT2D eigenvalue weighted by atomic mass is 10.1. The number of morpholine rings is 1. The third-order valence-electron chi connectivity index (χ3n) is 3.13. The fraction of sp³-hybridized carbons (Fsp3) is 0.462. The predicted octanol–water partition coefficient (Wildman–Crippen LogP) is 1.32. The first kappa shape index (κ1) is 14.2. The van der Waals surface area contributed by atoms with Crippen molar-refractivity contribution in [3.8, 4) is 6.07 Å². The molecule has 1 unspecified atom stereocenters. The van der Waals surface area contributed by atoms with E-state index in [0.29, 0.717) is 37.6 Å². The topological polar surface area (TPSA) is 88.6 Å². The number of anilines is 1. The Balaban J connectivity index is 2.30. The number of nitro benzene ring substituents is 1. The Labute approximate surface area is 116 Å². The first-order valence-corrected chi connectivity index (χ1v) is 6.19. The zero-order valence-corrected chi connectivity index (χ0v) is 11.1. The molecule has 0 bridgehead atoms. The summed E-state index contributed by atoms with van der Waals surface area (Å²) in [6.45, 7) is 1.96. The molecule has 0 spiro atoms. The van der Waals surface area contributed by atoms with E-state index in [1.165, 1.54) is 12.1 Å². The lowest BCUT2D eigenvalue weighted by Crippen LogP contribution is -2.44. The molecule has 1 aromatic rings. The molecule has 0 aromatic heterocycles. The van der Waals surface area contributed by atoms with Gasteiger partial charge in [-0.3, -0.25) is 10.1 Å². The van der Waals surface area contributed by atoms with Crippen molar-refractivity contribution in [1.82, 2.24) is 0 Å². The van der Waals surface area contributed by atoms with E-state index in [2.05, 4.69) is 0 Å². The van der Waals surface area contributed by atoms with Gasteiger partial charge in [0.25, 0.3) is 5.69 Å². The molecule has 7 nitrogen and oxygen atoms in total. The van der Waals surface area contributed by atoms with Gasteiger partial charge in [0.1, 0.15) is 5.69 Å². The summed E-state index contributed by atoms with van der Waals surface area (Å²) in [4.78, 5) is 12.5. The molecule has 0 amide bonds. The molecule has 0 saturated carbocycles. The first-order valence-electron chi connectivity index (χ1n) is 6.19. The van der Waals surface area contributed by atoms with E-state index in [1.807, 2.05) is 11.0 Å². The largest absolute Gasteiger partial charge is 0.382 e. The maximum atomic E-state index is 11.1. The minimum Gasteiger partial charge on any atom is -0.382 e. The van der Waals surface area contributed by atoms with Crippen molar-refractivity contribution in [2.24, 2.45) is 0 Å². The lowest BCUT2D eigenvalue weighted by molar-refractivity contribution is -0.384. The zero-order chi connectivity index (χ0) is 14.5. The SMILES string of the molecule is COCC1CN(c2cc(C#N)ccc2[N+](=O)[O-])CCO1. The van der Waals surface area contributed by atoms with Gasteiger partial charge in [-0.15, -0.1) is 0 Å². The van der Waals surface area contributed by atoms with Crippen molar-refractivity contribution in [2.75, 3.05) is 38.3 Å². The highest BCUT2D eigenvalue weighted by Crippen LogP contribution is 2.30. The van der Waals surface area contributed by atoms with Crippen LogP contribution < -0.4 is 4.90 Å². The van der Waals surface area contributed by atoms with Gasteiger partial charge in [-0.05, 0) is 12.1 Å². The van der Waals surface area contributed by atoms with Gasteiger partial charge >= 0.3 is 0 Å². The second kappa shape index (κ2) is 6.32. The van der Waals surface area contributed by atoms with Crippen molar-refractivity contribution < 1.29 is 14.4 Å². The zero-order valence-electron chi connectivity index (χ0n) is 11.1. The minimum absolute atomic E-state index is 0.00191. The summed E-state index contributed by atoms with van der Waals surface area (Å²) in [5.74, 6) is 0. The molecule has 106 valence electrons. The number of nitro groups is 1. The standard InChI is InChI=1S/C13H15N3O4/c1-19-9-11-8-15(4-5-20-11)13-6-10(7-14)2-3-12(13)16(17)18/h2-3,6,11H,4-5,8-9H2,1H3. The molecule has 1 aliphatic heterocycles. The van der Waals surface area contributed by atoms with Crippen LogP contribution >= 0.6 is 0 Å². The van der Waals surface area contributed by atoms with Gasteiger partial charge in [0.05, 0.1) is 35.9 Å². The highest BCUT2D eigenvalue weighted by Gasteiger charge is 2.26. The van der Waals surface area contributed by atoms with Crippen LogP contribution in [0.1, 0.15) is 5.56 Å². The molecule has 1 fully saturated rings. The molecule has 1 aromatic carbocycles. The number of benzene rings is 1. The van der Waals surface area contributed by atoms with Crippen LogP contribution in [0.25, 0.3) is 0 Å². The van der Waals surface area contributed by atoms with E-state index in [9.17, 15) is 10.1 Å². The Morgan fingerprint density at radius 2 is 2.45 bits per heavy atom. The number of ether oxygens (including phenoxy) is 2. The Bertz CT molecular complexity index is 539. The van der Waals surface area contributed by atoms with Gasteiger partial charge in [-0.25, -0.2) is 0 Å². The summed E-state index contributed by atoms with van der Waals surface area (Å²) in [5.41, 5.74) is 0.862. The van der Waals surface area contributed by atoms with Gasteiger partial charge in [0.2, 0.25) is 0 Å². The Kier molecular flexibility index (Phi) is 4.50. The molecular weight excluding hydrogens is 262 g/mol.